The largest absolute Gasteiger partial charge is 0.308 e. The number of hydrogen-bond acceptors (Lipinski definition) is 3. The van der Waals surface area contributed by atoms with Gasteiger partial charge in [-0.15, -0.1) is 0 Å². The van der Waals surface area contributed by atoms with Gasteiger partial charge in [0.2, 0.25) is 0 Å². The van der Waals surface area contributed by atoms with Crippen molar-refractivity contribution in [3.05, 3.63) is 53.1 Å². The Hall–Kier alpha value is -2.07. The third-order valence-electron chi connectivity index (χ3n) is 3.65. The second kappa shape index (κ2) is 5.04. The molecule has 3 rings (SSSR count). The monoisotopic (exact) mass is 297 g/mol. The summed E-state index contributed by atoms with van der Waals surface area (Å²) >= 11 is 1.65. The lowest BCUT2D eigenvalue weighted by atomic mass is 10.1. The van der Waals surface area contributed by atoms with Gasteiger partial charge in [0.15, 0.2) is 0 Å². The molecular formula is C17H15NO2S. The Kier molecular flexibility index (Phi) is 3.33. The van der Waals surface area contributed by atoms with Crippen LogP contribution in [-0.4, -0.2) is 18.7 Å². The van der Waals surface area contributed by atoms with E-state index in [9.17, 15) is 9.59 Å². The van der Waals surface area contributed by atoms with Crippen molar-refractivity contribution < 1.29 is 9.59 Å². The topological polar surface area (TPSA) is 37.4 Å². The summed E-state index contributed by atoms with van der Waals surface area (Å²) in [6.07, 6.45) is 0. The van der Waals surface area contributed by atoms with Crippen LogP contribution in [0.25, 0.3) is 0 Å². The maximum absolute atomic E-state index is 11.8. The summed E-state index contributed by atoms with van der Waals surface area (Å²) in [5.41, 5.74) is 3.62. The van der Waals surface area contributed by atoms with E-state index in [-0.39, 0.29) is 0 Å². The van der Waals surface area contributed by atoms with Crippen molar-refractivity contribution >= 4 is 29.1 Å². The van der Waals surface area contributed by atoms with Gasteiger partial charge in [0.25, 0.3) is 11.7 Å². The number of rotatable bonds is 2. The molecule has 0 N–H and O–H groups in total. The average Bonchev–Trinajstić information content (AvgIpc) is 2.68. The molecule has 2 aromatic rings. The van der Waals surface area contributed by atoms with Gasteiger partial charge >= 0.3 is 0 Å². The molecule has 0 atom stereocenters. The molecule has 0 fully saturated rings. The molecule has 1 aliphatic heterocycles. The first-order chi connectivity index (χ1) is 9.97. The van der Waals surface area contributed by atoms with Crippen LogP contribution < -0.4 is 4.90 Å². The number of likely N-dealkylation sites (N-methyl/N-ethyl adjacent to an activating group) is 1. The fourth-order valence-electron chi connectivity index (χ4n) is 2.37. The van der Waals surface area contributed by atoms with Gasteiger partial charge in [0.1, 0.15) is 0 Å². The third-order valence-corrected chi connectivity index (χ3v) is 4.79. The Morgan fingerprint density at radius 1 is 1.00 bits per heavy atom. The van der Waals surface area contributed by atoms with E-state index in [0.717, 1.165) is 4.90 Å². The molecular weight excluding hydrogens is 282 g/mol. The third kappa shape index (κ3) is 2.36. The van der Waals surface area contributed by atoms with Crippen LogP contribution in [0.2, 0.25) is 0 Å². The van der Waals surface area contributed by atoms with E-state index in [4.69, 9.17) is 0 Å². The minimum atomic E-state index is -0.459. The van der Waals surface area contributed by atoms with Gasteiger partial charge in [0, 0.05) is 16.8 Å². The van der Waals surface area contributed by atoms with Gasteiger partial charge in [-0.2, -0.15) is 0 Å². The van der Waals surface area contributed by atoms with E-state index in [1.165, 1.54) is 20.9 Å². The predicted octanol–water partition coefficient (Wildman–Crippen LogP) is 3.61. The normalized spacial score (nSPS) is 13.8. The summed E-state index contributed by atoms with van der Waals surface area (Å²) in [6, 6.07) is 11.9. The molecule has 21 heavy (non-hydrogen) atoms. The summed E-state index contributed by atoms with van der Waals surface area (Å²) in [4.78, 5) is 27.1. The zero-order chi connectivity index (χ0) is 15.1. The van der Waals surface area contributed by atoms with Crippen molar-refractivity contribution in [1.29, 1.82) is 0 Å². The number of aryl methyl sites for hydroxylation is 2. The van der Waals surface area contributed by atoms with Gasteiger partial charge in [-0.05, 0) is 49.2 Å². The summed E-state index contributed by atoms with van der Waals surface area (Å²) < 4.78 is 0. The van der Waals surface area contributed by atoms with E-state index in [2.05, 4.69) is 32.0 Å². The van der Waals surface area contributed by atoms with Crippen LogP contribution >= 0.6 is 11.8 Å². The Morgan fingerprint density at radius 2 is 1.76 bits per heavy atom. The zero-order valence-electron chi connectivity index (χ0n) is 12.1. The standard InChI is InChI=1S/C17H15NO2S/c1-10-4-5-11(2)15(8-10)21-12-6-7-13-14(9-12)18(3)17(20)16(13)19/h4-9H,1-3H3. The number of Topliss-reactive ketones (excluding diaryl/α,β-unsaturated/α-hetero) is 1. The maximum Gasteiger partial charge on any atom is 0.299 e. The Balaban J connectivity index is 1.97. The predicted molar refractivity (Wildman–Crippen MR) is 84.2 cm³/mol. The molecule has 1 heterocycles. The molecule has 2 aromatic carbocycles. The molecule has 0 unspecified atom stereocenters. The molecule has 106 valence electrons. The molecule has 0 radical (unpaired) electrons. The maximum atomic E-state index is 11.8. The Labute approximate surface area is 128 Å². The fourth-order valence-corrected chi connectivity index (χ4v) is 3.40. The quantitative estimate of drug-likeness (QED) is 0.795. The van der Waals surface area contributed by atoms with Crippen molar-refractivity contribution in [2.24, 2.45) is 0 Å². The van der Waals surface area contributed by atoms with Crippen LogP contribution in [0.15, 0.2) is 46.2 Å². The Morgan fingerprint density at radius 3 is 2.52 bits per heavy atom. The first kappa shape index (κ1) is 13.9. The van der Waals surface area contributed by atoms with Crippen LogP contribution in [0, 0.1) is 13.8 Å². The minimum Gasteiger partial charge on any atom is -0.308 e. The number of hydrogen-bond donors (Lipinski definition) is 0. The van der Waals surface area contributed by atoms with Crippen molar-refractivity contribution in [3.63, 3.8) is 0 Å². The lowest BCUT2D eigenvalue weighted by molar-refractivity contribution is -0.114. The molecule has 0 saturated carbocycles. The number of amides is 1. The summed E-state index contributed by atoms with van der Waals surface area (Å²) in [5.74, 6) is -0.880. The summed E-state index contributed by atoms with van der Waals surface area (Å²) in [5, 5.41) is 0. The number of carbonyl (C=O) groups is 2. The second-order valence-electron chi connectivity index (χ2n) is 5.24. The fraction of sp³-hybridized carbons (Fsp3) is 0.176. The summed E-state index contributed by atoms with van der Waals surface area (Å²) in [6.45, 7) is 4.14. The van der Waals surface area contributed by atoms with Crippen LogP contribution in [0.3, 0.4) is 0 Å². The molecule has 1 aliphatic rings. The van der Waals surface area contributed by atoms with Gasteiger partial charge in [-0.3, -0.25) is 9.59 Å². The first-order valence-electron chi connectivity index (χ1n) is 6.69. The molecule has 0 aromatic heterocycles. The number of fused-ring (bicyclic) bond motifs is 1. The molecule has 4 heteroatoms. The van der Waals surface area contributed by atoms with E-state index in [1.54, 1.807) is 24.9 Å². The molecule has 0 saturated heterocycles. The molecule has 0 spiro atoms. The highest BCUT2D eigenvalue weighted by Gasteiger charge is 2.33. The number of nitrogens with zero attached hydrogens (tertiary/aromatic N) is 1. The van der Waals surface area contributed by atoms with E-state index >= 15 is 0 Å². The van der Waals surface area contributed by atoms with Crippen LogP contribution in [0.4, 0.5) is 5.69 Å². The number of ketones is 1. The molecule has 3 nitrogen and oxygen atoms in total. The second-order valence-corrected chi connectivity index (χ2v) is 6.36. The smallest absolute Gasteiger partial charge is 0.299 e. The van der Waals surface area contributed by atoms with Crippen molar-refractivity contribution in [2.45, 2.75) is 23.6 Å². The molecule has 1 amide bonds. The Bertz CT molecular complexity index is 767. The number of carbonyl (C=O) groups excluding carboxylic acids is 2. The molecule has 0 bridgehead atoms. The zero-order valence-corrected chi connectivity index (χ0v) is 13.0. The van der Waals surface area contributed by atoms with E-state index in [0.29, 0.717) is 11.3 Å². The van der Waals surface area contributed by atoms with Crippen LogP contribution in [-0.2, 0) is 4.79 Å². The van der Waals surface area contributed by atoms with Gasteiger partial charge < -0.3 is 4.90 Å². The highest BCUT2D eigenvalue weighted by molar-refractivity contribution is 7.99. The number of anilines is 1. The number of benzene rings is 2. The lowest BCUT2D eigenvalue weighted by Gasteiger charge is -2.11. The van der Waals surface area contributed by atoms with Gasteiger partial charge in [-0.1, -0.05) is 23.9 Å². The van der Waals surface area contributed by atoms with Crippen LogP contribution in [0.1, 0.15) is 21.5 Å². The van der Waals surface area contributed by atoms with E-state index < -0.39 is 11.7 Å². The van der Waals surface area contributed by atoms with Crippen molar-refractivity contribution in [2.75, 3.05) is 11.9 Å². The van der Waals surface area contributed by atoms with Crippen molar-refractivity contribution in [3.8, 4) is 0 Å². The van der Waals surface area contributed by atoms with Crippen LogP contribution in [0.5, 0.6) is 0 Å². The lowest BCUT2D eigenvalue weighted by Crippen LogP contribution is -2.24. The van der Waals surface area contributed by atoms with Crippen molar-refractivity contribution in [1.82, 2.24) is 0 Å². The van der Waals surface area contributed by atoms with Gasteiger partial charge in [-0.25, -0.2) is 0 Å². The average molecular weight is 297 g/mol. The summed E-state index contributed by atoms with van der Waals surface area (Å²) in [7, 11) is 1.64. The first-order valence-corrected chi connectivity index (χ1v) is 7.50. The highest BCUT2D eigenvalue weighted by atomic mass is 32.2. The SMILES string of the molecule is Cc1ccc(C)c(Sc2ccc3c(c2)N(C)C(=O)C3=O)c1. The van der Waals surface area contributed by atoms with Gasteiger partial charge in [0.05, 0.1) is 11.3 Å². The minimum absolute atomic E-state index is 0.421. The highest BCUT2D eigenvalue weighted by Crippen LogP contribution is 2.36. The van der Waals surface area contributed by atoms with E-state index in [1.807, 2.05) is 12.1 Å². The molecule has 0 aliphatic carbocycles.